The number of thiophene rings is 1. The molecule has 1 aromatic rings. The van der Waals surface area contributed by atoms with Gasteiger partial charge in [-0.25, -0.2) is 8.42 Å². The molecule has 6 heteroatoms. The smallest absolute Gasteiger partial charge is 0.253 e. The van der Waals surface area contributed by atoms with Crippen LogP contribution in [0.3, 0.4) is 0 Å². The van der Waals surface area contributed by atoms with E-state index in [1.165, 1.54) is 11.3 Å². The molecule has 1 unspecified atom stereocenters. The second-order valence-electron chi connectivity index (χ2n) is 5.34. The third kappa shape index (κ3) is 2.47. The summed E-state index contributed by atoms with van der Waals surface area (Å²) >= 11 is 1.32. The standard InChI is InChI=1S/C12H19NO3S2/c1-9-7-13(12(3,4)8-16-9)18(14,15)11-6-5-10(2)17-11/h5-6,9H,7-8H2,1-4H3. The molecule has 0 aliphatic carbocycles. The predicted octanol–water partition coefficient (Wildman–Crippen LogP) is 2.24. The first-order valence-electron chi connectivity index (χ1n) is 5.94. The lowest BCUT2D eigenvalue weighted by atomic mass is 10.1. The number of ether oxygens (including phenoxy) is 1. The molecule has 18 heavy (non-hydrogen) atoms. The van der Waals surface area contributed by atoms with Crippen LogP contribution in [-0.4, -0.2) is 37.5 Å². The molecule has 1 saturated heterocycles. The van der Waals surface area contributed by atoms with Crippen LogP contribution in [0.2, 0.25) is 0 Å². The number of aryl methyl sites for hydroxylation is 1. The molecule has 2 heterocycles. The molecule has 1 atom stereocenters. The van der Waals surface area contributed by atoms with E-state index in [0.717, 1.165) is 4.88 Å². The normalized spacial score (nSPS) is 25.2. The summed E-state index contributed by atoms with van der Waals surface area (Å²) in [4.78, 5) is 1.01. The minimum absolute atomic E-state index is 0.0612. The quantitative estimate of drug-likeness (QED) is 0.839. The Morgan fingerprint density at radius 2 is 2.11 bits per heavy atom. The topological polar surface area (TPSA) is 46.6 Å². The molecule has 102 valence electrons. The summed E-state index contributed by atoms with van der Waals surface area (Å²) < 4.78 is 32.8. The van der Waals surface area contributed by atoms with Gasteiger partial charge in [0.25, 0.3) is 10.0 Å². The van der Waals surface area contributed by atoms with E-state index < -0.39 is 15.6 Å². The van der Waals surface area contributed by atoms with E-state index in [2.05, 4.69) is 0 Å². The Bertz CT molecular complexity index is 533. The maximum atomic E-state index is 12.6. The summed E-state index contributed by atoms with van der Waals surface area (Å²) in [6, 6.07) is 3.53. The third-order valence-electron chi connectivity index (χ3n) is 3.08. The summed E-state index contributed by atoms with van der Waals surface area (Å²) in [5.74, 6) is 0. The van der Waals surface area contributed by atoms with Gasteiger partial charge in [-0.3, -0.25) is 0 Å². The zero-order valence-corrected chi connectivity index (χ0v) is 12.8. The first-order chi connectivity index (χ1) is 8.23. The van der Waals surface area contributed by atoms with E-state index in [0.29, 0.717) is 17.4 Å². The Labute approximate surface area is 113 Å². The van der Waals surface area contributed by atoms with Crippen LogP contribution in [-0.2, 0) is 14.8 Å². The zero-order chi connectivity index (χ0) is 13.6. The van der Waals surface area contributed by atoms with E-state index in [9.17, 15) is 8.42 Å². The number of rotatable bonds is 2. The zero-order valence-electron chi connectivity index (χ0n) is 11.1. The highest BCUT2D eigenvalue weighted by Gasteiger charge is 2.42. The minimum atomic E-state index is -3.41. The number of hydrogen-bond acceptors (Lipinski definition) is 4. The Hall–Kier alpha value is -0.430. The fourth-order valence-electron chi connectivity index (χ4n) is 2.03. The van der Waals surface area contributed by atoms with Gasteiger partial charge in [0.05, 0.1) is 18.2 Å². The number of nitrogens with zero attached hydrogens (tertiary/aromatic N) is 1. The van der Waals surface area contributed by atoms with Crippen molar-refractivity contribution in [1.29, 1.82) is 0 Å². The predicted molar refractivity (Wildman–Crippen MR) is 72.4 cm³/mol. The SMILES string of the molecule is Cc1ccc(S(=O)(=O)N2CC(C)OCC2(C)C)s1. The summed E-state index contributed by atoms with van der Waals surface area (Å²) in [7, 11) is -3.41. The van der Waals surface area contributed by atoms with E-state index in [4.69, 9.17) is 4.74 Å². The van der Waals surface area contributed by atoms with E-state index in [-0.39, 0.29) is 6.10 Å². The molecule has 1 aromatic heterocycles. The minimum Gasteiger partial charge on any atom is -0.375 e. The molecule has 0 saturated carbocycles. The monoisotopic (exact) mass is 289 g/mol. The van der Waals surface area contributed by atoms with Gasteiger partial charge in [0.2, 0.25) is 0 Å². The maximum absolute atomic E-state index is 12.6. The van der Waals surface area contributed by atoms with Crippen molar-refractivity contribution in [2.24, 2.45) is 0 Å². The van der Waals surface area contributed by atoms with Crippen LogP contribution < -0.4 is 0 Å². The largest absolute Gasteiger partial charge is 0.375 e. The maximum Gasteiger partial charge on any atom is 0.253 e. The van der Waals surface area contributed by atoms with Gasteiger partial charge in [-0.1, -0.05) is 0 Å². The molecule has 0 aromatic carbocycles. The highest BCUT2D eigenvalue weighted by Crippen LogP contribution is 2.32. The lowest BCUT2D eigenvalue weighted by molar-refractivity contribution is -0.0550. The van der Waals surface area contributed by atoms with E-state index in [1.807, 2.05) is 33.8 Å². The summed E-state index contributed by atoms with van der Waals surface area (Å²) in [5.41, 5.74) is -0.497. The highest BCUT2D eigenvalue weighted by molar-refractivity contribution is 7.91. The van der Waals surface area contributed by atoms with Crippen LogP contribution in [0, 0.1) is 6.92 Å². The van der Waals surface area contributed by atoms with Gasteiger partial charge in [-0.15, -0.1) is 11.3 Å². The molecule has 1 fully saturated rings. The molecule has 4 nitrogen and oxygen atoms in total. The first-order valence-corrected chi connectivity index (χ1v) is 8.20. The van der Waals surface area contributed by atoms with Crippen molar-refractivity contribution in [3.05, 3.63) is 17.0 Å². The lowest BCUT2D eigenvalue weighted by Crippen LogP contribution is -2.57. The molecule has 2 rings (SSSR count). The second kappa shape index (κ2) is 4.59. The number of hydrogen-bond donors (Lipinski definition) is 0. The van der Waals surface area contributed by atoms with Crippen LogP contribution in [0.5, 0.6) is 0 Å². The van der Waals surface area contributed by atoms with E-state index in [1.54, 1.807) is 10.4 Å². The average molecular weight is 289 g/mol. The van der Waals surface area contributed by atoms with Crippen LogP contribution >= 0.6 is 11.3 Å². The molecule has 1 aliphatic heterocycles. The molecule has 0 N–H and O–H groups in total. The van der Waals surface area contributed by atoms with Gasteiger partial charge in [0.15, 0.2) is 0 Å². The van der Waals surface area contributed by atoms with E-state index >= 15 is 0 Å². The van der Waals surface area contributed by atoms with Crippen LogP contribution in [0.15, 0.2) is 16.3 Å². The molecule has 0 spiro atoms. The van der Waals surface area contributed by atoms with Crippen molar-refractivity contribution in [3.8, 4) is 0 Å². The van der Waals surface area contributed by atoms with Crippen molar-refractivity contribution < 1.29 is 13.2 Å². The van der Waals surface area contributed by atoms with Gasteiger partial charge in [-0.05, 0) is 39.8 Å². The first kappa shape index (κ1) is 14.0. The molecule has 0 radical (unpaired) electrons. The average Bonchev–Trinajstić information content (AvgIpc) is 2.69. The Morgan fingerprint density at radius 1 is 1.44 bits per heavy atom. The molecule has 0 amide bonds. The molecule has 1 aliphatic rings. The van der Waals surface area contributed by atoms with Gasteiger partial charge >= 0.3 is 0 Å². The summed E-state index contributed by atoms with van der Waals surface area (Å²) in [5, 5.41) is 0. The highest BCUT2D eigenvalue weighted by atomic mass is 32.2. The third-order valence-corrected chi connectivity index (χ3v) is 6.62. The second-order valence-corrected chi connectivity index (χ2v) is 8.71. The van der Waals surface area contributed by atoms with Crippen molar-refractivity contribution in [2.45, 2.75) is 43.5 Å². The summed E-state index contributed by atoms with van der Waals surface area (Å²) in [6.45, 7) is 8.45. The number of sulfonamides is 1. The Kier molecular flexibility index (Phi) is 3.57. The molecular formula is C12H19NO3S2. The number of morpholine rings is 1. The van der Waals surface area contributed by atoms with Crippen LogP contribution in [0.4, 0.5) is 0 Å². The van der Waals surface area contributed by atoms with Gasteiger partial charge < -0.3 is 4.74 Å². The van der Waals surface area contributed by atoms with Crippen molar-refractivity contribution in [3.63, 3.8) is 0 Å². The Morgan fingerprint density at radius 3 is 2.67 bits per heavy atom. The Balaban J connectivity index is 2.39. The van der Waals surface area contributed by atoms with Crippen LogP contribution in [0.25, 0.3) is 0 Å². The van der Waals surface area contributed by atoms with Gasteiger partial charge in [-0.2, -0.15) is 4.31 Å². The fraction of sp³-hybridized carbons (Fsp3) is 0.667. The van der Waals surface area contributed by atoms with Crippen LogP contribution in [0.1, 0.15) is 25.6 Å². The van der Waals surface area contributed by atoms with Crippen molar-refractivity contribution in [2.75, 3.05) is 13.2 Å². The summed E-state index contributed by atoms with van der Waals surface area (Å²) in [6.07, 6.45) is -0.0612. The van der Waals surface area contributed by atoms with Gasteiger partial charge in [0.1, 0.15) is 4.21 Å². The fourth-order valence-corrected chi connectivity index (χ4v) is 5.28. The van der Waals surface area contributed by atoms with Gasteiger partial charge in [0, 0.05) is 11.4 Å². The van der Waals surface area contributed by atoms with Crippen molar-refractivity contribution in [1.82, 2.24) is 4.31 Å². The van der Waals surface area contributed by atoms with Crippen molar-refractivity contribution >= 4 is 21.4 Å². The lowest BCUT2D eigenvalue weighted by Gasteiger charge is -2.43. The molecule has 0 bridgehead atoms. The molecular weight excluding hydrogens is 270 g/mol.